The van der Waals surface area contributed by atoms with Crippen molar-refractivity contribution in [2.45, 2.75) is 49.8 Å². The van der Waals surface area contributed by atoms with Gasteiger partial charge in [-0.2, -0.15) is 11.8 Å². The molecule has 1 aliphatic carbocycles. The first-order chi connectivity index (χ1) is 8.96. The average molecular weight is 309 g/mol. The maximum atomic E-state index is 11.9. The van der Waals surface area contributed by atoms with E-state index < -0.39 is 10.0 Å². The van der Waals surface area contributed by atoms with Gasteiger partial charge < -0.3 is 4.74 Å². The summed E-state index contributed by atoms with van der Waals surface area (Å²) in [6.45, 7) is 0. The third kappa shape index (κ3) is 6.63. The highest BCUT2D eigenvalue weighted by molar-refractivity contribution is 7.99. The van der Waals surface area contributed by atoms with Crippen molar-refractivity contribution in [2.75, 3.05) is 19.1 Å². The van der Waals surface area contributed by atoms with Crippen LogP contribution in [0.25, 0.3) is 0 Å². The molecule has 7 heteroatoms. The first kappa shape index (κ1) is 16.8. The number of carbonyl (C=O) groups is 1. The molecule has 0 radical (unpaired) electrons. The average Bonchev–Trinajstić information content (AvgIpc) is 2.38. The Balaban J connectivity index is 2.29. The lowest BCUT2D eigenvalue weighted by atomic mass is 9.96. The predicted octanol–water partition coefficient (Wildman–Crippen LogP) is 1.53. The molecule has 0 aromatic heterocycles. The number of carbonyl (C=O) groups excluding carboxylic acids is 1. The highest BCUT2D eigenvalue weighted by Crippen LogP contribution is 2.27. The molecule has 19 heavy (non-hydrogen) atoms. The Kier molecular flexibility index (Phi) is 7.17. The van der Waals surface area contributed by atoms with Crippen molar-refractivity contribution in [2.24, 2.45) is 0 Å². The van der Waals surface area contributed by atoms with Gasteiger partial charge in [-0.05, 0) is 38.4 Å². The van der Waals surface area contributed by atoms with Gasteiger partial charge in [-0.1, -0.05) is 0 Å². The van der Waals surface area contributed by atoms with E-state index in [-0.39, 0.29) is 24.2 Å². The van der Waals surface area contributed by atoms with E-state index in [4.69, 9.17) is 0 Å². The summed E-state index contributed by atoms with van der Waals surface area (Å²) < 4.78 is 30.9. The van der Waals surface area contributed by atoms with E-state index in [0.29, 0.717) is 11.7 Å². The molecule has 0 heterocycles. The zero-order valence-corrected chi connectivity index (χ0v) is 13.2. The van der Waals surface area contributed by atoms with E-state index in [0.717, 1.165) is 25.7 Å². The van der Waals surface area contributed by atoms with Crippen molar-refractivity contribution in [3.63, 3.8) is 0 Å². The van der Waals surface area contributed by atoms with Crippen LogP contribution in [0.1, 0.15) is 38.5 Å². The van der Waals surface area contributed by atoms with Crippen molar-refractivity contribution in [1.29, 1.82) is 0 Å². The van der Waals surface area contributed by atoms with E-state index in [1.54, 1.807) is 0 Å². The van der Waals surface area contributed by atoms with Crippen molar-refractivity contribution in [3.8, 4) is 0 Å². The summed E-state index contributed by atoms with van der Waals surface area (Å²) in [5.74, 6) is -0.374. The lowest BCUT2D eigenvalue weighted by molar-refractivity contribution is -0.140. The lowest BCUT2D eigenvalue weighted by Crippen LogP contribution is -2.39. The summed E-state index contributed by atoms with van der Waals surface area (Å²) in [7, 11) is -1.97. The van der Waals surface area contributed by atoms with Gasteiger partial charge in [0.1, 0.15) is 0 Å². The van der Waals surface area contributed by atoms with Gasteiger partial charge in [0.2, 0.25) is 10.0 Å². The first-order valence-corrected chi connectivity index (χ1v) is 9.50. The van der Waals surface area contributed by atoms with E-state index in [2.05, 4.69) is 15.7 Å². The number of hydrogen-bond donors (Lipinski definition) is 1. The summed E-state index contributed by atoms with van der Waals surface area (Å²) in [6, 6.07) is 0.0616. The molecule has 1 rings (SSSR count). The van der Waals surface area contributed by atoms with Gasteiger partial charge in [-0.3, -0.25) is 4.79 Å². The molecule has 0 aliphatic heterocycles. The Morgan fingerprint density at radius 3 is 2.47 bits per heavy atom. The third-order valence-corrected chi connectivity index (χ3v) is 6.03. The van der Waals surface area contributed by atoms with Crippen molar-refractivity contribution in [3.05, 3.63) is 0 Å². The van der Waals surface area contributed by atoms with E-state index >= 15 is 0 Å². The van der Waals surface area contributed by atoms with Crippen LogP contribution < -0.4 is 4.72 Å². The lowest BCUT2D eigenvalue weighted by Gasteiger charge is -2.27. The fourth-order valence-electron chi connectivity index (χ4n) is 2.24. The minimum atomic E-state index is -3.27. The molecule has 0 aromatic rings. The Bertz CT molecular complexity index is 375. The second-order valence-electron chi connectivity index (χ2n) is 4.83. The maximum Gasteiger partial charge on any atom is 0.305 e. The van der Waals surface area contributed by atoms with Crippen LogP contribution in [-0.4, -0.2) is 44.8 Å². The van der Waals surface area contributed by atoms with Crippen LogP contribution in [0.4, 0.5) is 0 Å². The molecule has 0 spiro atoms. The van der Waals surface area contributed by atoms with E-state index in [1.165, 1.54) is 7.11 Å². The quantitative estimate of drug-likeness (QED) is 0.722. The fraction of sp³-hybridized carbons (Fsp3) is 0.917. The molecule has 0 saturated heterocycles. The summed E-state index contributed by atoms with van der Waals surface area (Å²) in [6.07, 6.45) is 6.50. The number of methoxy groups -OCH3 is 1. The standard InChI is InChI=1S/C12H23NO4S2/c1-17-12(14)4-3-9-19(15,16)13-10-5-7-11(18-2)8-6-10/h10-11,13H,3-9H2,1-2H3. The monoisotopic (exact) mass is 309 g/mol. The number of hydrogen-bond acceptors (Lipinski definition) is 5. The molecule has 0 aromatic carbocycles. The molecule has 1 N–H and O–H groups in total. The number of ether oxygens (including phenoxy) is 1. The molecular weight excluding hydrogens is 286 g/mol. The molecule has 0 bridgehead atoms. The topological polar surface area (TPSA) is 72.5 Å². The van der Waals surface area contributed by atoms with Crippen LogP contribution in [0, 0.1) is 0 Å². The number of esters is 1. The summed E-state index contributed by atoms with van der Waals surface area (Å²) in [5, 5.41) is 0.667. The Hall–Kier alpha value is -0.270. The van der Waals surface area contributed by atoms with Crippen molar-refractivity contribution in [1.82, 2.24) is 4.72 Å². The van der Waals surface area contributed by atoms with Crippen LogP contribution in [0.3, 0.4) is 0 Å². The largest absolute Gasteiger partial charge is 0.469 e. The van der Waals surface area contributed by atoms with E-state index in [9.17, 15) is 13.2 Å². The number of nitrogens with one attached hydrogen (secondary N) is 1. The fourth-order valence-corrected chi connectivity index (χ4v) is 4.37. The molecule has 1 fully saturated rings. The van der Waals surface area contributed by atoms with Crippen LogP contribution in [-0.2, 0) is 19.6 Å². The molecule has 112 valence electrons. The predicted molar refractivity (Wildman–Crippen MR) is 77.7 cm³/mol. The third-order valence-electron chi connectivity index (χ3n) is 3.38. The molecule has 1 aliphatic rings. The molecule has 0 amide bonds. The molecule has 0 atom stereocenters. The van der Waals surface area contributed by atoms with Gasteiger partial charge >= 0.3 is 5.97 Å². The van der Waals surface area contributed by atoms with Gasteiger partial charge in [0.25, 0.3) is 0 Å². The maximum absolute atomic E-state index is 11.9. The highest BCUT2D eigenvalue weighted by atomic mass is 32.2. The van der Waals surface area contributed by atoms with Crippen molar-refractivity contribution < 1.29 is 17.9 Å². The number of sulfonamides is 1. The Morgan fingerprint density at radius 1 is 1.32 bits per heavy atom. The Labute approximate surface area is 119 Å². The Morgan fingerprint density at radius 2 is 1.95 bits per heavy atom. The van der Waals surface area contributed by atoms with Gasteiger partial charge in [-0.15, -0.1) is 0 Å². The van der Waals surface area contributed by atoms with Crippen LogP contribution in [0.15, 0.2) is 0 Å². The second kappa shape index (κ2) is 8.11. The minimum Gasteiger partial charge on any atom is -0.469 e. The molecule has 0 unspecified atom stereocenters. The van der Waals surface area contributed by atoms with Crippen LogP contribution in [0.5, 0.6) is 0 Å². The summed E-state index contributed by atoms with van der Waals surface area (Å²) in [4.78, 5) is 10.9. The smallest absolute Gasteiger partial charge is 0.305 e. The molecular formula is C12H23NO4S2. The second-order valence-corrected chi connectivity index (χ2v) is 7.84. The van der Waals surface area contributed by atoms with Gasteiger partial charge in [0.05, 0.1) is 12.9 Å². The molecule has 5 nitrogen and oxygen atoms in total. The van der Waals surface area contributed by atoms with Crippen LogP contribution >= 0.6 is 11.8 Å². The number of thioether (sulfide) groups is 1. The minimum absolute atomic E-state index is 0.00937. The van der Waals surface area contributed by atoms with Gasteiger partial charge in [0.15, 0.2) is 0 Å². The normalized spacial score (nSPS) is 24.1. The van der Waals surface area contributed by atoms with E-state index in [1.807, 2.05) is 11.8 Å². The van der Waals surface area contributed by atoms with Crippen molar-refractivity contribution >= 4 is 27.8 Å². The zero-order chi connectivity index (χ0) is 14.3. The summed E-state index contributed by atoms with van der Waals surface area (Å²) >= 11 is 1.86. The zero-order valence-electron chi connectivity index (χ0n) is 11.6. The number of rotatable bonds is 7. The van der Waals surface area contributed by atoms with Crippen LogP contribution in [0.2, 0.25) is 0 Å². The van der Waals surface area contributed by atoms with Gasteiger partial charge in [0, 0.05) is 17.7 Å². The first-order valence-electron chi connectivity index (χ1n) is 6.56. The molecule has 1 saturated carbocycles. The summed E-state index contributed by atoms with van der Waals surface area (Å²) in [5.41, 5.74) is 0. The van der Waals surface area contributed by atoms with Gasteiger partial charge in [-0.25, -0.2) is 13.1 Å². The highest BCUT2D eigenvalue weighted by Gasteiger charge is 2.24. The SMILES string of the molecule is COC(=O)CCCS(=O)(=O)NC1CCC(SC)CC1.